The number of hydrogen-bond acceptors (Lipinski definition) is 2. The summed E-state index contributed by atoms with van der Waals surface area (Å²) >= 11 is 0. The normalized spacial score (nSPS) is 20.1. The molecule has 0 aliphatic carbocycles. The highest BCUT2D eigenvalue weighted by Gasteiger charge is 2.34. The Morgan fingerprint density at radius 1 is 1.33 bits per heavy atom. The summed E-state index contributed by atoms with van der Waals surface area (Å²) in [6, 6.07) is 5.16. The van der Waals surface area contributed by atoms with Gasteiger partial charge in [-0.1, -0.05) is 12.1 Å². The van der Waals surface area contributed by atoms with Crippen LogP contribution in [0.3, 0.4) is 0 Å². The van der Waals surface area contributed by atoms with Crippen LogP contribution in [0.4, 0.5) is 13.2 Å². The average molecular weight is 218 g/mol. The quantitative estimate of drug-likeness (QED) is 0.727. The topological polar surface area (TPSA) is 21.8 Å². The largest absolute Gasteiger partial charge is 0.490 e. The minimum Gasteiger partial charge on any atom is -0.490 e. The van der Waals surface area contributed by atoms with Crippen molar-refractivity contribution in [1.29, 1.82) is 0 Å². The molecule has 2 nitrogen and oxygen atoms in total. The lowest BCUT2D eigenvalue weighted by atomic mass is 10.2. The van der Waals surface area contributed by atoms with Crippen LogP contribution in [0.25, 0.3) is 0 Å². The van der Waals surface area contributed by atoms with E-state index in [0.717, 1.165) is 6.07 Å². The Morgan fingerprint density at radius 2 is 2.00 bits per heavy atom. The molecule has 15 heavy (non-hydrogen) atoms. The second-order valence-electron chi connectivity index (χ2n) is 3.26. The number of hydrogen-bond donors (Lipinski definition) is 0. The highest BCUT2D eigenvalue weighted by molar-refractivity contribution is 5.35. The molecule has 1 aliphatic heterocycles. The molecular weight excluding hydrogens is 209 g/mol. The summed E-state index contributed by atoms with van der Waals surface area (Å²) in [5.74, 6) is -0.138. The van der Waals surface area contributed by atoms with Crippen LogP contribution >= 0.6 is 0 Å². The highest BCUT2D eigenvalue weighted by Crippen LogP contribution is 2.36. The lowest BCUT2D eigenvalue weighted by molar-refractivity contribution is -0.139. The van der Waals surface area contributed by atoms with Crippen LogP contribution in [-0.2, 0) is 10.9 Å². The van der Waals surface area contributed by atoms with Gasteiger partial charge < -0.3 is 9.47 Å². The molecule has 0 unspecified atom stereocenters. The Bertz CT molecular complexity index is 345. The third-order valence-electron chi connectivity index (χ3n) is 2.02. The number of ether oxygens (including phenoxy) is 2. The summed E-state index contributed by atoms with van der Waals surface area (Å²) in [5.41, 5.74) is -0.745. The molecule has 0 amide bonds. The molecule has 0 spiro atoms. The van der Waals surface area contributed by atoms with E-state index in [4.69, 9.17) is 9.47 Å². The van der Waals surface area contributed by atoms with E-state index >= 15 is 0 Å². The van der Waals surface area contributed by atoms with Crippen molar-refractivity contribution in [3.63, 3.8) is 0 Å². The van der Waals surface area contributed by atoms with E-state index < -0.39 is 11.7 Å². The minimum atomic E-state index is -4.37. The molecule has 0 N–H and O–H groups in total. The molecule has 5 heteroatoms. The number of halogens is 3. The molecular formula is C10H9F3O2. The Kier molecular flexibility index (Phi) is 2.56. The maximum absolute atomic E-state index is 12.5. The van der Waals surface area contributed by atoms with Crippen LogP contribution in [0.1, 0.15) is 5.56 Å². The Balaban J connectivity index is 2.13. The monoisotopic (exact) mass is 218 g/mol. The van der Waals surface area contributed by atoms with E-state index in [0.29, 0.717) is 6.61 Å². The zero-order valence-corrected chi connectivity index (χ0v) is 7.75. The summed E-state index contributed by atoms with van der Waals surface area (Å²) in [6.45, 7) is 0.737. The van der Waals surface area contributed by atoms with Gasteiger partial charge in [-0.3, -0.25) is 0 Å². The van der Waals surface area contributed by atoms with Gasteiger partial charge in [0, 0.05) is 0 Å². The molecule has 1 aromatic carbocycles. The molecule has 0 radical (unpaired) electrons. The Hall–Kier alpha value is -1.23. The summed E-state index contributed by atoms with van der Waals surface area (Å²) in [5, 5.41) is 0. The molecule has 1 atom stereocenters. The molecule has 1 fully saturated rings. The van der Waals surface area contributed by atoms with E-state index in [1.165, 1.54) is 18.2 Å². The van der Waals surface area contributed by atoms with Gasteiger partial charge in [0.1, 0.15) is 18.5 Å². The Morgan fingerprint density at radius 3 is 2.60 bits per heavy atom. The first-order chi connectivity index (χ1) is 7.07. The van der Waals surface area contributed by atoms with E-state index in [1.807, 2.05) is 0 Å². The molecule has 82 valence electrons. The van der Waals surface area contributed by atoms with Crippen molar-refractivity contribution in [2.75, 3.05) is 13.2 Å². The maximum atomic E-state index is 12.5. The SMILES string of the molecule is FC(F)(F)c1ccccc1OC[C@@H]1CO1. The third kappa shape index (κ3) is 2.62. The van der Waals surface area contributed by atoms with Crippen LogP contribution in [0.5, 0.6) is 5.75 Å². The van der Waals surface area contributed by atoms with E-state index in [-0.39, 0.29) is 18.5 Å². The van der Waals surface area contributed by atoms with Crippen LogP contribution in [-0.4, -0.2) is 19.3 Å². The van der Waals surface area contributed by atoms with Gasteiger partial charge in [0.15, 0.2) is 0 Å². The van der Waals surface area contributed by atoms with Gasteiger partial charge in [-0.15, -0.1) is 0 Å². The standard InChI is InChI=1S/C10H9F3O2/c11-10(12,13)8-3-1-2-4-9(8)15-6-7-5-14-7/h1-4,7H,5-6H2/t7-/m0/s1. The first kappa shape index (κ1) is 10.3. The zero-order valence-electron chi connectivity index (χ0n) is 7.75. The second kappa shape index (κ2) is 3.73. The zero-order chi connectivity index (χ0) is 10.9. The fourth-order valence-corrected chi connectivity index (χ4v) is 1.17. The van der Waals surface area contributed by atoms with Gasteiger partial charge in [0.05, 0.1) is 12.2 Å². The van der Waals surface area contributed by atoms with Crippen molar-refractivity contribution in [1.82, 2.24) is 0 Å². The van der Waals surface area contributed by atoms with Crippen molar-refractivity contribution < 1.29 is 22.6 Å². The summed E-state index contributed by atoms with van der Waals surface area (Å²) in [4.78, 5) is 0. The first-order valence-corrected chi connectivity index (χ1v) is 4.48. The molecule has 1 heterocycles. The third-order valence-corrected chi connectivity index (χ3v) is 2.02. The van der Waals surface area contributed by atoms with E-state index in [1.54, 1.807) is 0 Å². The Labute approximate surface area is 84.6 Å². The fourth-order valence-electron chi connectivity index (χ4n) is 1.17. The first-order valence-electron chi connectivity index (χ1n) is 4.48. The van der Waals surface area contributed by atoms with E-state index in [9.17, 15) is 13.2 Å². The van der Waals surface area contributed by atoms with E-state index in [2.05, 4.69) is 0 Å². The van der Waals surface area contributed by atoms with Crippen molar-refractivity contribution >= 4 is 0 Å². The van der Waals surface area contributed by atoms with Crippen LogP contribution in [0, 0.1) is 0 Å². The minimum absolute atomic E-state index is 0.0497. The van der Waals surface area contributed by atoms with Crippen LogP contribution in [0.2, 0.25) is 0 Å². The second-order valence-corrected chi connectivity index (χ2v) is 3.26. The summed E-state index contributed by atoms with van der Waals surface area (Å²) in [7, 11) is 0. The average Bonchev–Trinajstić information content (AvgIpc) is 2.97. The lowest BCUT2D eigenvalue weighted by Gasteiger charge is -2.12. The smallest absolute Gasteiger partial charge is 0.419 e. The number of para-hydroxylation sites is 1. The van der Waals surface area contributed by atoms with Crippen molar-refractivity contribution in [3.8, 4) is 5.75 Å². The number of alkyl halides is 3. The predicted octanol–water partition coefficient (Wildman–Crippen LogP) is 2.48. The van der Waals surface area contributed by atoms with Crippen molar-refractivity contribution in [2.24, 2.45) is 0 Å². The van der Waals surface area contributed by atoms with Gasteiger partial charge >= 0.3 is 6.18 Å². The molecule has 1 saturated heterocycles. The predicted molar refractivity (Wildman–Crippen MR) is 46.7 cm³/mol. The maximum Gasteiger partial charge on any atom is 0.419 e. The van der Waals surface area contributed by atoms with Crippen molar-refractivity contribution in [3.05, 3.63) is 29.8 Å². The molecule has 1 aliphatic rings. The van der Waals surface area contributed by atoms with Crippen LogP contribution < -0.4 is 4.74 Å². The van der Waals surface area contributed by atoms with Gasteiger partial charge in [-0.05, 0) is 12.1 Å². The summed E-state index contributed by atoms with van der Waals surface area (Å²) in [6.07, 6.45) is -4.42. The lowest BCUT2D eigenvalue weighted by Crippen LogP contribution is -2.11. The number of benzene rings is 1. The molecule has 0 aromatic heterocycles. The number of epoxide rings is 1. The van der Waals surface area contributed by atoms with Gasteiger partial charge in [-0.2, -0.15) is 13.2 Å². The summed E-state index contributed by atoms with van der Waals surface area (Å²) < 4.78 is 47.3. The molecule has 2 rings (SSSR count). The van der Waals surface area contributed by atoms with Gasteiger partial charge in [-0.25, -0.2) is 0 Å². The van der Waals surface area contributed by atoms with Gasteiger partial charge in [0.2, 0.25) is 0 Å². The highest BCUT2D eigenvalue weighted by atomic mass is 19.4. The van der Waals surface area contributed by atoms with Crippen molar-refractivity contribution in [2.45, 2.75) is 12.3 Å². The molecule has 0 saturated carbocycles. The van der Waals surface area contributed by atoms with Gasteiger partial charge in [0.25, 0.3) is 0 Å². The fraction of sp³-hybridized carbons (Fsp3) is 0.400. The molecule has 0 bridgehead atoms. The molecule has 1 aromatic rings. The number of rotatable bonds is 3. The van der Waals surface area contributed by atoms with Crippen LogP contribution in [0.15, 0.2) is 24.3 Å².